The van der Waals surface area contributed by atoms with E-state index < -0.39 is 0 Å². The van der Waals surface area contributed by atoms with Crippen molar-refractivity contribution in [3.05, 3.63) is 0 Å². The Morgan fingerprint density at radius 2 is 2.00 bits per heavy atom. The van der Waals surface area contributed by atoms with Gasteiger partial charge >= 0.3 is 0 Å². The highest BCUT2D eigenvalue weighted by Gasteiger charge is 2.31. The van der Waals surface area contributed by atoms with Gasteiger partial charge in [0.2, 0.25) is 0 Å². The van der Waals surface area contributed by atoms with Crippen LogP contribution in [0, 0.1) is 11.8 Å². The van der Waals surface area contributed by atoms with Gasteiger partial charge < -0.3 is 10.6 Å². The van der Waals surface area contributed by atoms with Crippen molar-refractivity contribution >= 4 is 0 Å². The van der Waals surface area contributed by atoms with Crippen molar-refractivity contribution in [1.82, 2.24) is 10.6 Å². The van der Waals surface area contributed by atoms with Crippen molar-refractivity contribution in [2.45, 2.75) is 33.2 Å². The molecule has 2 heteroatoms. The molecule has 1 aliphatic carbocycles. The van der Waals surface area contributed by atoms with E-state index in [1.807, 2.05) is 0 Å². The fourth-order valence-electron chi connectivity index (χ4n) is 1.42. The van der Waals surface area contributed by atoms with Crippen molar-refractivity contribution in [2.24, 2.45) is 11.8 Å². The van der Waals surface area contributed by atoms with Crippen molar-refractivity contribution in [3.63, 3.8) is 0 Å². The normalized spacial score (nSPS) is 28.0. The maximum absolute atomic E-state index is 3.47. The Morgan fingerprint density at radius 1 is 1.33 bits per heavy atom. The molecule has 1 aliphatic rings. The molecular formula is C10H22N2. The Labute approximate surface area is 76.1 Å². The Hall–Kier alpha value is -0.0800. The maximum atomic E-state index is 3.47. The van der Waals surface area contributed by atoms with E-state index in [4.69, 9.17) is 0 Å². The van der Waals surface area contributed by atoms with Crippen molar-refractivity contribution in [2.75, 3.05) is 19.6 Å². The lowest BCUT2D eigenvalue weighted by atomic mass is 10.3. The van der Waals surface area contributed by atoms with E-state index in [9.17, 15) is 0 Å². The second-order valence-electron chi connectivity index (χ2n) is 4.29. The molecule has 1 rings (SSSR count). The third-order valence-electron chi connectivity index (χ3n) is 2.54. The van der Waals surface area contributed by atoms with Gasteiger partial charge in [0.15, 0.2) is 0 Å². The molecule has 1 fully saturated rings. The van der Waals surface area contributed by atoms with Crippen LogP contribution in [0.3, 0.4) is 0 Å². The van der Waals surface area contributed by atoms with Crippen molar-refractivity contribution in [3.8, 4) is 0 Å². The van der Waals surface area contributed by atoms with Gasteiger partial charge in [-0.05, 0) is 24.8 Å². The smallest absolute Gasteiger partial charge is 0.00790 e. The lowest BCUT2D eigenvalue weighted by Crippen LogP contribution is -2.32. The first kappa shape index (κ1) is 10.0. The van der Waals surface area contributed by atoms with E-state index in [2.05, 4.69) is 31.4 Å². The Balaban J connectivity index is 1.77. The minimum absolute atomic E-state index is 0.617. The van der Waals surface area contributed by atoms with E-state index in [0.717, 1.165) is 24.9 Å². The van der Waals surface area contributed by atoms with Gasteiger partial charge in [0, 0.05) is 19.1 Å². The number of nitrogens with one attached hydrogen (secondary N) is 2. The van der Waals surface area contributed by atoms with Crippen LogP contribution in [-0.2, 0) is 0 Å². The van der Waals surface area contributed by atoms with E-state index in [-0.39, 0.29) is 0 Å². The average molecular weight is 170 g/mol. The highest BCUT2D eigenvalue weighted by atomic mass is 15.0. The Bertz CT molecular complexity index is 123. The molecule has 12 heavy (non-hydrogen) atoms. The summed E-state index contributed by atoms with van der Waals surface area (Å²) in [6.07, 6.45) is 1.44. The van der Waals surface area contributed by atoms with Crippen LogP contribution < -0.4 is 10.6 Å². The standard InChI is InChI=1S/C10H22N2/c1-8(2)12-5-4-11-7-10-6-9(10)3/h8-12H,4-7H2,1-3H3. The third kappa shape index (κ3) is 4.07. The molecule has 0 amide bonds. The minimum atomic E-state index is 0.617. The lowest BCUT2D eigenvalue weighted by molar-refractivity contribution is 0.540. The molecule has 0 aliphatic heterocycles. The largest absolute Gasteiger partial charge is 0.315 e. The molecule has 0 spiro atoms. The van der Waals surface area contributed by atoms with Gasteiger partial charge in [0.1, 0.15) is 0 Å². The Kier molecular flexibility index (Phi) is 4.02. The highest BCUT2D eigenvalue weighted by molar-refractivity contribution is 4.83. The van der Waals surface area contributed by atoms with Crippen molar-refractivity contribution < 1.29 is 0 Å². The summed E-state index contributed by atoms with van der Waals surface area (Å²) in [7, 11) is 0. The van der Waals surface area contributed by atoms with Gasteiger partial charge in [-0.25, -0.2) is 0 Å². The summed E-state index contributed by atoms with van der Waals surface area (Å²) in [6, 6.07) is 0.617. The van der Waals surface area contributed by atoms with Crippen LogP contribution in [0.25, 0.3) is 0 Å². The van der Waals surface area contributed by atoms with Crippen LogP contribution in [0.5, 0.6) is 0 Å². The summed E-state index contributed by atoms with van der Waals surface area (Å²) >= 11 is 0. The van der Waals surface area contributed by atoms with Crippen LogP contribution in [0.1, 0.15) is 27.2 Å². The zero-order valence-corrected chi connectivity index (χ0v) is 8.56. The zero-order valence-electron chi connectivity index (χ0n) is 8.56. The molecule has 0 radical (unpaired) electrons. The van der Waals surface area contributed by atoms with Gasteiger partial charge in [-0.15, -0.1) is 0 Å². The first-order chi connectivity index (χ1) is 5.70. The molecule has 0 bridgehead atoms. The SMILES string of the molecule is CC(C)NCCNCC1CC1C. The van der Waals surface area contributed by atoms with Gasteiger partial charge in [-0.1, -0.05) is 20.8 Å². The molecule has 0 aromatic carbocycles. The average Bonchev–Trinajstić information content (AvgIpc) is 2.65. The zero-order chi connectivity index (χ0) is 8.97. The number of hydrogen-bond donors (Lipinski definition) is 2. The number of hydrogen-bond acceptors (Lipinski definition) is 2. The van der Waals surface area contributed by atoms with E-state index in [1.54, 1.807) is 0 Å². The third-order valence-corrected chi connectivity index (χ3v) is 2.54. The lowest BCUT2D eigenvalue weighted by Gasteiger charge is -2.08. The summed E-state index contributed by atoms with van der Waals surface area (Å²) in [5.74, 6) is 1.96. The molecule has 72 valence electrons. The Morgan fingerprint density at radius 3 is 2.50 bits per heavy atom. The van der Waals surface area contributed by atoms with E-state index in [0.29, 0.717) is 6.04 Å². The second kappa shape index (κ2) is 4.83. The summed E-state index contributed by atoms with van der Waals surface area (Å²) in [5.41, 5.74) is 0. The van der Waals surface area contributed by atoms with Crippen molar-refractivity contribution in [1.29, 1.82) is 0 Å². The molecule has 2 nitrogen and oxygen atoms in total. The topological polar surface area (TPSA) is 24.1 Å². The summed E-state index contributed by atoms with van der Waals surface area (Å²) < 4.78 is 0. The number of rotatable bonds is 6. The predicted molar refractivity (Wildman–Crippen MR) is 53.3 cm³/mol. The summed E-state index contributed by atoms with van der Waals surface area (Å²) in [6.45, 7) is 10.1. The molecule has 1 saturated carbocycles. The predicted octanol–water partition coefficient (Wildman–Crippen LogP) is 1.23. The van der Waals surface area contributed by atoms with Crippen LogP contribution in [0.2, 0.25) is 0 Å². The molecular weight excluding hydrogens is 148 g/mol. The first-order valence-corrected chi connectivity index (χ1v) is 5.14. The van der Waals surface area contributed by atoms with Gasteiger partial charge in [-0.2, -0.15) is 0 Å². The molecule has 0 heterocycles. The van der Waals surface area contributed by atoms with Crippen LogP contribution in [-0.4, -0.2) is 25.7 Å². The first-order valence-electron chi connectivity index (χ1n) is 5.14. The van der Waals surface area contributed by atoms with Gasteiger partial charge in [0.05, 0.1) is 0 Å². The fourth-order valence-corrected chi connectivity index (χ4v) is 1.42. The highest BCUT2D eigenvalue weighted by Crippen LogP contribution is 2.36. The monoisotopic (exact) mass is 170 g/mol. The quantitative estimate of drug-likeness (QED) is 0.586. The minimum Gasteiger partial charge on any atom is -0.315 e. The summed E-state index contributed by atoms with van der Waals surface area (Å²) in [5, 5.41) is 6.86. The molecule has 2 atom stereocenters. The molecule has 2 unspecified atom stereocenters. The molecule has 0 aromatic rings. The fraction of sp³-hybridized carbons (Fsp3) is 1.00. The van der Waals surface area contributed by atoms with Crippen LogP contribution in [0.15, 0.2) is 0 Å². The van der Waals surface area contributed by atoms with Crippen LogP contribution in [0.4, 0.5) is 0 Å². The maximum Gasteiger partial charge on any atom is 0.00790 e. The molecule has 0 aromatic heterocycles. The summed E-state index contributed by atoms with van der Waals surface area (Å²) in [4.78, 5) is 0. The van der Waals surface area contributed by atoms with Gasteiger partial charge in [-0.3, -0.25) is 0 Å². The van der Waals surface area contributed by atoms with Crippen LogP contribution >= 0.6 is 0 Å². The van der Waals surface area contributed by atoms with E-state index >= 15 is 0 Å². The van der Waals surface area contributed by atoms with Gasteiger partial charge in [0.25, 0.3) is 0 Å². The van der Waals surface area contributed by atoms with E-state index in [1.165, 1.54) is 13.0 Å². The molecule has 2 N–H and O–H groups in total. The molecule has 0 saturated heterocycles. The second-order valence-corrected chi connectivity index (χ2v) is 4.29.